The molecule has 2 aromatic carbocycles. The van der Waals surface area contributed by atoms with Crippen molar-refractivity contribution in [3.05, 3.63) is 65.5 Å². The molecule has 0 unspecified atom stereocenters. The van der Waals surface area contributed by atoms with Gasteiger partial charge in [-0.15, -0.1) is 0 Å². The summed E-state index contributed by atoms with van der Waals surface area (Å²) in [7, 11) is 1.53. The molecule has 0 radical (unpaired) electrons. The molecule has 5 nitrogen and oxygen atoms in total. The van der Waals surface area contributed by atoms with E-state index in [1.54, 1.807) is 24.3 Å². The predicted octanol–water partition coefficient (Wildman–Crippen LogP) is 1.99. The lowest BCUT2D eigenvalue weighted by Crippen LogP contribution is -2.34. The summed E-state index contributed by atoms with van der Waals surface area (Å²) in [5.41, 5.74) is 0.847. The van der Waals surface area contributed by atoms with E-state index in [1.165, 1.54) is 31.4 Å². The number of hydrogen-bond acceptors (Lipinski definition) is 3. The van der Waals surface area contributed by atoms with Crippen LogP contribution in [0.15, 0.2) is 48.5 Å². The van der Waals surface area contributed by atoms with Gasteiger partial charge in [-0.1, -0.05) is 6.07 Å². The molecule has 0 aliphatic heterocycles. The number of hydrogen-bond donors (Lipinski definition) is 2. The molecule has 0 bridgehead atoms. The highest BCUT2D eigenvalue weighted by molar-refractivity contribution is 5.95. The maximum Gasteiger partial charge on any atom is 0.251 e. The number of halogens is 1. The van der Waals surface area contributed by atoms with E-state index in [1.807, 2.05) is 0 Å². The Labute approximate surface area is 133 Å². The highest BCUT2D eigenvalue weighted by Gasteiger charge is 2.07. The molecular weight excluding hydrogens is 299 g/mol. The lowest BCUT2D eigenvalue weighted by atomic mass is 10.2. The Balaban J connectivity index is 1.77. The summed E-state index contributed by atoms with van der Waals surface area (Å²) >= 11 is 0. The van der Waals surface area contributed by atoms with E-state index in [0.29, 0.717) is 16.9 Å². The summed E-state index contributed by atoms with van der Waals surface area (Å²) in [6.45, 7) is 0.550. The minimum Gasteiger partial charge on any atom is -0.497 e. The second-order valence-corrected chi connectivity index (χ2v) is 4.75. The van der Waals surface area contributed by atoms with Gasteiger partial charge in [0.2, 0.25) is 0 Å². The third kappa shape index (κ3) is 4.81. The third-order valence-electron chi connectivity index (χ3n) is 3.13. The first-order valence-electron chi connectivity index (χ1n) is 7.06. The highest BCUT2D eigenvalue weighted by Crippen LogP contribution is 2.12. The summed E-state index contributed by atoms with van der Waals surface area (Å²) < 4.78 is 17.8. The minimum absolute atomic E-state index is 0.250. The van der Waals surface area contributed by atoms with Gasteiger partial charge in [0.1, 0.15) is 11.6 Å². The number of methoxy groups -OCH3 is 1. The van der Waals surface area contributed by atoms with Crippen molar-refractivity contribution in [2.45, 2.75) is 0 Å². The zero-order valence-electron chi connectivity index (χ0n) is 12.6. The number of amides is 2. The molecule has 0 fully saturated rings. The molecule has 2 amide bonds. The molecule has 2 rings (SSSR count). The quantitative estimate of drug-likeness (QED) is 0.801. The standard InChI is InChI=1S/C17H17FN2O3/c1-23-15-4-2-3-13(11-15)17(22)20-10-9-19-16(21)12-5-7-14(18)8-6-12/h2-8,11H,9-10H2,1H3,(H,19,21)(H,20,22). The minimum atomic E-state index is -0.396. The van der Waals surface area contributed by atoms with Crippen LogP contribution in [0.2, 0.25) is 0 Å². The van der Waals surface area contributed by atoms with Crippen molar-refractivity contribution in [3.8, 4) is 5.75 Å². The number of carbonyl (C=O) groups excluding carboxylic acids is 2. The smallest absolute Gasteiger partial charge is 0.251 e. The first kappa shape index (κ1) is 16.5. The van der Waals surface area contributed by atoms with Crippen molar-refractivity contribution >= 4 is 11.8 Å². The Kier molecular flexibility index (Phi) is 5.68. The fourth-order valence-electron chi connectivity index (χ4n) is 1.92. The Hall–Kier alpha value is -2.89. The van der Waals surface area contributed by atoms with Gasteiger partial charge >= 0.3 is 0 Å². The molecule has 0 atom stereocenters. The molecular formula is C17H17FN2O3. The maximum atomic E-state index is 12.8. The van der Waals surface area contributed by atoms with E-state index in [9.17, 15) is 14.0 Å². The Morgan fingerprint density at radius 1 is 0.957 bits per heavy atom. The first-order chi connectivity index (χ1) is 11.1. The lowest BCUT2D eigenvalue weighted by Gasteiger charge is -2.08. The summed E-state index contributed by atoms with van der Waals surface area (Å²) in [4.78, 5) is 23.7. The second-order valence-electron chi connectivity index (χ2n) is 4.75. The molecule has 2 aromatic rings. The molecule has 0 aromatic heterocycles. The van der Waals surface area contributed by atoms with Crippen LogP contribution in [0, 0.1) is 5.82 Å². The van der Waals surface area contributed by atoms with Gasteiger partial charge in [0, 0.05) is 24.2 Å². The maximum absolute atomic E-state index is 12.8. The summed E-state index contributed by atoms with van der Waals surface area (Å²) in [6.07, 6.45) is 0. The van der Waals surface area contributed by atoms with E-state index in [0.717, 1.165) is 0 Å². The number of carbonyl (C=O) groups is 2. The Morgan fingerprint density at radius 3 is 2.17 bits per heavy atom. The van der Waals surface area contributed by atoms with E-state index < -0.39 is 5.82 Å². The van der Waals surface area contributed by atoms with Crippen LogP contribution in [0.1, 0.15) is 20.7 Å². The van der Waals surface area contributed by atoms with E-state index in [4.69, 9.17) is 4.74 Å². The van der Waals surface area contributed by atoms with Gasteiger partial charge < -0.3 is 15.4 Å². The molecule has 0 spiro atoms. The van der Waals surface area contributed by atoms with Crippen molar-refractivity contribution in [2.24, 2.45) is 0 Å². The molecule has 23 heavy (non-hydrogen) atoms. The molecule has 120 valence electrons. The second kappa shape index (κ2) is 7.93. The van der Waals surface area contributed by atoms with Gasteiger partial charge in [-0.3, -0.25) is 9.59 Å². The fourth-order valence-corrected chi connectivity index (χ4v) is 1.92. The zero-order chi connectivity index (χ0) is 16.7. The van der Waals surface area contributed by atoms with Gasteiger partial charge in [-0.05, 0) is 42.5 Å². The van der Waals surface area contributed by atoms with Crippen LogP contribution in [0.4, 0.5) is 4.39 Å². The first-order valence-corrected chi connectivity index (χ1v) is 7.06. The van der Waals surface area contributed by atoms with Crippen molar-refractivity contribution in [1.82, 2.24) is 10.6 Å². The van der Waals surface area contributed by atoms with Crippen molar-refractivity contribution in [2.75, 3.05) is 20.2 Å². The molecule has 0 aliphatic carbocycles. The van der Waals surface area contributed by atoms with Crippen LogP contribution in [0.25, 0.3) is 0 Å². The van der Waals surface area contributed by atoms with Crippen LogP contribution < -0.4 is 15.4 Å². The van der Waals surface area contributed by atoms with Crippen LogP contribution in [0.5, 0.6) is 5.75 Å². The lowest BCUT2D eigenvalue weighted by molar-refractivity contribution is 0.0927. The average molecular weight is 316 g/mol. The van der Waals surface area contributed by atoms with Crippen LogP contribution in [-0.2, 0) is 0 Å². The summed E-state index contributed by atoms with van der Waals surface area (Å²) in [5, 5.41) is 5.34. The fraction of sp³-hybridized carbons (Fsp3) is 0.176. The van der Waals surface area contributed by atoms with Gasteiger partial charge in [0.05, 0.1) is 7.11 Å². The van der Waals surface area contributed by atoms with Crippen LogP contribution in [-0.4, -0.2) is 32.0 Å². The molecule has 0 saturated heterocycles. The largest absolute Gasteiger partial charge is 0.497 e. The SMILES string of the molecule is COc1cccc(C(=O)NCCNC(=O)c2ccc(F)cc2)c1. The van der Waals surface area contributed by atoms with E-state index in [-0.39, 0.29) is 24.9 Å². The van der Waals surface area contributed by atoms with Gasteiger partial charge in [0.15, 0.2) is 0 Å². The van der Waals surface area contributed by atoms with E-state index >= 15 is 0 Å². The topological polar surface area (TPSA) is 67.4 Å². The van der Waals surface area contributed by atoms with Gasteiger partial charge in [-0.25, -0.2) is 4.39 Å². The van der Waals surface area contributed by atoms with Crippen LogP contribution in [0.3, 0.4) is 0 Å². The predicted molar refractivity (Wildman–Crippen MR) is 84.1 cm³/mol. The average Bonchev–Trinajstić information content (AvgIpc) is 2.59. The monoisotopic (exact) mass is 316 g/mol. The zero-order valence-corrected chi connectivity index (χ0v) is 12.6. The molecule has 2 N–H and O–H groups in total. The molecule has 0 aliphatic rings. The van der Waals surface area contributed by atoms with Gasteiger partial charge in [-0.2, -0.15) is 0 Å². The number of benzene rings is 2. The van der Waals surface area contributed by atoms with Crippen molar-refractivity contribution in [1.29, 1.82) is 0 Å². The van der Waals surface area contributed by atoms with Gasteiger partial charge in [0.25, 0.3) is 11.8 Å². The molecule has 6 heteroatoms. The number of nitrogens with one attached hydrogen (secondary N) is 2. The normalized spacial score (nSPS) is 10.0. The highest BCUT2D eigenvalue weighted by atomic mass is 19.1. The van der Waals surface area contributed by atoms with Crippen molar-refractivity contribution in [3.63, 3.8) is 0 Å². The molecule has 0 saturated carbocycles. The summed E-state index contributed by atoms with van der Waals surface area (Å²) in [6, 6.07) is 12.0. The van der Waals surface area contributed by atoms with Crippen molar-refractivity contribution < 1.29 is 18.7 Å². The molecule has 0 heterocycles. The number of ether oxygens (including phenoxy) is 1. The van der Waals surface area contributed by atoms with E-state index in [2.05, 4.69) is 10.6 Å². The van der Waals surface area contributed by atoms with Crippen LogP contribution >= 0.6 is 0 Å². The third-order valence-corrected chi connectivity index (χ3v) is 3.13. The Bertz CT molecular complexity index is 686. The number of rotatable bonds is 6. The summed E-state index contributed by atoms with van der Waals surface area (Å²) in [5.74, 6) is -0.366. The Morgan fingerprint density at radius 2 is 1.57 bits per heavy atom.